The topological polar surface area (TPSA) is 86.0 Å². The van der Waals surface area contributed by atoms with Crippen LogP contribution in [-0.4, -0.2) is 22.1 Å². The van der Waals surface area contributed by atoms with E-state index in [4.69, 9.17) is 10.4 Å². The Kier molecular flexibility index (Phi) is 4.05. The average molecular weight is 233 g/mol. The zero-order valence-electron chi connectivity index (χ0n) is 10.1. The number of aryl methyl sites for hydroxylation is 1. The molecule has 0 aliphatic carbocycles. The van der Waals surface area contributed by atoms with Gasteiger partial charge in [0.15, 0.2) is 0 Å². The van der Waals surface area contributed by atoms with Gasteiger partial charge in [-0.1, -0.05) is 13.8 Å². The molecule has 90 valence electrons. The fourth-order valence-corrected chi connectivity index (χ4v) is 1.48. The summed E-state index contributed by atoms with van der Waals surface area (Å²) >= 11 is 0. The van der Waals surface area contributed by atoms with Gasteiger partial charge in [0.2, 0.25) is 0 Å². The lowest BCUT2D eigenvalue weighted by atomic mass is 10.0. The molecule has 1 rings (SSSR count). The Hall–Kier alpha value is -2.09. The summed E-state index contributed by atoms with van der Waals surface area (Å²) in [7, 11) is 0. The predicted molar refractivity (Wildman–Crippen MR) is 63.6 cm³/mol. The molecule has 0 saturated heterocycles. The number of hydrogen-bond donors (Lipinski definition) is 2. The van der Waals surface area contributed by atoms with Gasteiger partial charge in [-0.3, -0.25) is 0 Å². The number of carboxylic acid groups (broad SMARTS) is 1. The molecule has 0 radical (unpaired) electrons. The van der Waals surface area contributed by atoms with Crippen LogP contribution < -0.4 is 5.32 Å². The van der Waals surface area contributed by atoms with Crippen LogP contribution in [0.4, 0.5) is 5.82 Å². The maximum Gasteiger partial charge on any atom is 0.326 e. The second kappa shape index (κ2) is 5.30. The van der Waals surface area contributed by atoms with Crippen molar-refractivity contribution in [3.8, 4) is 6.07 Å². The smallest absolute Gasteiger partial charge is 0.326 e. The second-order valence-electron chi connectivity index (χ2n) is 4.20. The van der Waals surface area contributed by atoms with E-state index in [2.05, 4.69) is 10.3 Å². The number of carbonyl (C=O) groups is 1. The van der Waals surface area contributed by atoms with Crippen molar-refractivity contribution in [1.82, 2.24) is 4.98 Å². The van der Waals surface area contributed by atoms with Crippen LogP contribution in [0.3, 0.4) is 0 Å². The van der Waals surface area contributed by atoms with E-state index in [0.717, 1.165) is 0 Å². The zero-order valence-corrected chi connectivity index (χ0v) is 10.1. The molecule has 0 saturated carbocycles. The van der Waals surface area contributed by atoms with Gasteiger partial charge in [-0.25, -0.2) is 9.78 Å². The molecule has 0 unspecified atom stereocenters. The minimum atomic E-state index is -0.929. The molecule has 0 aliphatic rings. The van der Waals surface area contributed by atoms with Crippen molar-refractivity contribution in [3.05, 3.63) is 23.4 Å². The van der Waals surface area contributed by atoms with E-state index >= 15 is 0 Å². The third kappa shape index (κ3) is 3.45. The Bertz CT molecular complexity index is 463. The summed E-state index contributed by atoms with van der Waals surface area (Å²) in [6.45, 7) is 5.39. The standard InChI is InChI=1S/C12H15N3O2/c1-7(2)11(12(16)17)15-10-5-9(6-13)4-8(3)14-10/h4-5,7,11H,1-3H3,(H,14,15)(H,16,17)/t11-/m0/s1. The molecule has 1 heterocycles. The largest absolute Gasteiger partial charge is 0.480 e. The molecule has 1 atom stereocenters. The van der Waals surface area contributed by atoms with Gasteiger partial charge in [-0.2, -0.15) is 5.26 Å². The van der Waals surface area contributed by atoms with Crippen LogP contribution in [0.15, 0.2) is 12.1 Å². The summed E-state index contributed by atoms with van der Waals surface area (Å²) in [6, 6.07) is 4.50. The van der Waals surface area contributed by atoms with Crippen molar-refractivity contribution in [2.24, 2.45) is 5.92 Å². The van der Waals surface area contributed by atoms with Gasteiger partial charge in [0.05, 0.1) is 11.6 Å². The first-order valence-corrected chi connectivity index (χ1v) is 5.32. The number of nitrogens with one attached hydrogen (secondary N) is 1. The van der Waals surface area contributed by atoms with Gasteiger partial charge in [0, 0.05) is 5.69 Å². The highest BCUT2D eigenvalue weighted by molar-refractivity contribution is 5.77. The van der Waals surface area contributed by atoms with Crippen LogP contribution in [-0.2, 0) is 4.79 Å². The number of nitrogens with zero attached hydrogens (tertiary/aromatic N) is 2. The number of aliphatic carboxylic acids is 1. The Morgan fingerprint density at radius 2 is 2.18 bits per heavy atom. The van der Waals surface area contributed by atoms with Crippen LogP contribution in [0.25, 0.3) is 0 Å². The molecule has 0 aliphatic heterocycles. The molecule has 0 aromatic carbocycles. The highest BCUT2D eigenvalue weighted by Gasteiger charge is 2.21. The number of rotatable bonds is 4. The Balaban J connectivity index is 2.98. The Morgan fingerprint density at radius 3 is 2.65 bits per heavy atom. The average Bonchev–Trinajstić information content (AvgIpc) is 2.24. The summed E-state index contributed by atoms with van der Waals surface area (Å²) in [4.78, 5) is 15.2. The Labute approximate surface area is 100 Å². The molecular weight excluding hydrogens is 218 g/mol. The van der Waals surface area contributed by atoms with Gasteiger partial charge in [0.25, 0.3) is 0 Å². The van der Waals surface area contributed by atoms with E-state index in [1.54, 1.807) is 19.1 Å². The number of carboxylic acids is 1. The van der Waals surface area contributed by atoms with Gasteiger partial charge in [-0.15, -0.1) is 0 Å². The fraction of sp³-hybridized carbons (Fsp3) is 0.417. The van der Waals surface area contributed by atoms with Crippen LogP contribution in [0, 0.1) is 24.2 Å². The predicted octanol–water partition coefficient (Wildman–Crippen LogP) is 1.78. The summed E-state index contributed by atoms with van der Waals surface area (Å²) in [5.41, 5.74) is 1.15. The monoisotopic (exact) mass is 233 g/mol. The fourth-order valence-electron chi connectivity index (χ4n) is 1.48. The van der Waals surface area contributed by atoms with Crippen molar-refractivity contribution < 1.29 is 9.90 Å². The molecule has 17 heavy (non-hydrogen) atoms. The summed E-state index contributed by atoms with van der Waals surface area (Å²) in [6.07, 6.45) is 0. The number of anilines is 1. The highest BCUT2D eigenvalue weighted by Crippen LogP contribution is 2.13. The molecule has 2 N–H and O–H groups in total. The molecule has 5 heteroatoms. The van der Waals surface area contributed by atoms with Crippen molar-refractivity contribution in [1.29, 1.82) is 5.26 Å². The molecule has 0 amide bonds. The van der Waals surface area contributed by atoms with E-state index in [9.17, 15) is 4.79 Å². The van der Waals surface area contributed by atoms with Crippen LogP contribution in [0.1, 0.15) is 25.1 Å². The zero-order chi connectivity index (χ0) is 13.0. The minimum Gasteiger partial charge on any atom is -0.480 e. The number of aromatic nitrogens is 1. The van der Waals surface area contributed by atoms with Crippen molar-refractivity contribution >= 4 is 11.8 Å². The van der Waals surface area contributed by atoms with Crippen molar-refractivity contribution in [3.63, 3.8) is 0 Å². The van der Waals surface area contributed by atoms with E-state index in [0.29, 0.717) is 17.1 Å². The highest BCUT2D eigenvalue weighted by atomic mass is 16.4. The normalized spacial score (nSPS) is 11.9. The first-order valence-electron chi connectivity index (χ1n) is 5.32. The van der Waals surface area contributed by atoms with Gasteiger partial charge in [0.1, 0.15) is 11.9 Å². The minimum absolute atomic E-state index is 0.0691. The lowest BCUT2D eigenvalue weighted by molar-refractivity contribution is -0.138. The van der Waals surface area contributed by atoms with Crippen molar-refractivity contribution in [2.45, 2.75) is 26.8 Å². The van der Waals surface area contributed by atoms with Crippen LogP contribution in [0.2, 0.25) is 0 Å². The third-order valence-corrected chi connectivity index (χ3v) is 2.32. The van der Waals surface area contributed by atoms with Gasteiger partial charge < -0.3 is 10.4 Å². The van der Waals surface area contributed by atoms with E-state index in [1.165, 1.54) is 0 Å². The Morgan fingerprint density at radius 1 is 1.53 bits per heavy atom. The lowest BCUT2D eigenvalue weighted by Gasteiger charge is -2.18. The van der Waals surface area contributed by atoms with E-state index in [1.807, 2.05) is 19.9 Å². The van der Waals surface area contributed by atoms with Gasteiger partial charge in [-0.05, 0) is 25.0 Å². The summed E-state index contributed by atoms with van der Waals surface area (Å²) in [5.74, 6) is -0.579. The molecule has 0 spiro atoms. The summed E-state index contributed by atoms with van der Waals surface area (Å²) in [5, 5.41) is 20.7. The third-order valence-electron chi connectivity index (χ3n) is 2.32. The first-order chi connectivity index (χ1) is 7.93. The molecule has 0 fully saturated rings. The molecular formula is C12H15N3O2. The second-order valence-corrected chi connectivity index (χ2v) is 4.20. The first kappa shape index (κ1) is 13.0. The number of hydrogen-bond acceptors (Lipinski definition) is 4. The molecule has 0 bridgehead atoms. The van der Waals surface area contributed by atoms with E-state index < -0.39 is 12.0 Å². The molecule has 1 aromatic heterocycles. The summed E-state index contributed by atoms with van der Waals surface area (Å²) < 4.78 is 0. The lowest BCUT2D eigenvalue weighted by Crippen LogP contribution is -2.34. The SMILES string of the molecule is Cc1cc(C#N)cc(N[C@H](C(=O)O)C(C)C)n1. The molecule has 1 aromatic rings. The maximum atomic E-state index is 11.0. The van der Waals surface area contributed by atoms with Gasteiger partial charge >= 0.3 is 5.97 Å². The maximum absolute atomic E-state index is 11.0. The number of pyridine rings is 1. The quantitative estimate of drug-likeness (QED) is 0.827. The van der Waals surface area contributed by atoms with E-state index in [-0.39, 0.29) is 5.92 Å². The van der Waals surface area contributed by atoms with Crippen LogP contribution >= 0.6 is 0 Å². The molecule has 5 nitrogen and oxygen atoms in total. The van der Waals surface area contributed by atoms with Crippen molar-refractivity contribution in [2.75, 3.05) is 5.32 Å². The van der Waals surface area contributed by atoms with Crippen LogP contribution in [0.5, 0.6) is 0 Å². The number of nitriles is 1.